The van der Waals surface area contributed by atoms with Crippen LogP contribution in [-0.4, -0.2) is 34.0 Å². The summed E-state index contributed by atoms with van der Waals surface area (Å²) < 4.78 is 0. The minimum absolute atomic E-state index is 0.442. The summed E-state index contributed by atoms with van der Waals surface area (Å²) in [5.74, 6) is 0.975. The minimum Gasteiger partial charge on any atom is -0.367 e. The van der Waals surface area contributed by atoms with E-state index in [2.05, 4.69) is 87.9 Å². The molecule has 2 aromatic heterocycles. The molecule has 0 spiro atoms. The molecule has 158 valence electrons. The first-order valence-electron chi connectivity index (χ1n) is 11.0. The van der Waals surface area contributed by atoms with Gasteiger partial charge in [0.1, 0.15) is 17.0 Å². The van der Waals surface area contributed by atoms with Gasteiger partial charge in [-0.05, 0) is 43.4 Å². The summed E-state index contributed by atoms with van der Waals surface area (Å²) >= 11 is 1.70. The molecule has 1 saturated heterocycles. The second kappa shape index (κ2) is 8.77. The Kier molecular flexibility index (Phi) is 5.70. The molecule has 4 nitrogen and oxygen atoms in total. The van der Waals surface area contributed by atoms with Crippen molar-refractivity contribution in [2.75, 3.05) is 18.4 Å². The molecule has 4 aromatic rings. The highest BCUT2D eigenvalue weighted by atomic mass is 32.1. The second-order valence-corrected chi connectivity index (χ2v) is 9.41. The Hall–Kier alpha value is -2.76. The fraction of sp³-hybridized carbons (Fsp3) is 0.308. The number of aromatic nitrogens is 2. The van der Waals surface area contributed by atoms with E-state index in [0.717, 1.165) is 48.5 Å². The molecule has 0 aliphatic carbocycles. The van der Waals surface area contributed by atoms with Crippen molar-refractivity contribution >= 4 is 27.4 Å². The van der Waals surface area contributed by atoms with Crippen LogP contribution in [0.2, 0.25) is 0 Å². The van der Waals surface area contributed by atoms with Gasteiger partial charge in [-0.25, -0.2) is 9.97 Å². The molecule has 1 aliphatic rings. The maximum Gasteiger partial charge on any atom is 0.139 e. The first kappa shape index (κ1) is 20.2. The van der Waals surface area contributed by atoms with Crippen LogP contribution in [0.4, 0.5) is 5.82 Å². The topological polar surface area (TPSA) is 41.1 Å². The quantitative estimate of drug-likeness (QED) is 0.420. The zero-order valence-electron chi connectivity index (χ0n) is 18.1. The average Bonchev–Trinajstić information content (AvgIpc) is 3.21. The third-order valence-electron chi connectivity index (χ3n) is 6.22. The predicted octanol–water partition coefficient (Wildman–Crippen LogP) is 6.05. The van der Waals surface area contributed by atoms with Gasteiger partial charge in [-0.15, -0.1) is 11.3 Å². The lowest BCUT2D eigenvalue weighted by Gasteiger charge is -2.32. The molecule has 1 aliphatic heterocycles. The zero-order valence-corrected chi connectivity index (χ0v) is 19.0. The lowest BCUT2D eigenvalue weighted by molar-refractivity contribution is 0.211. The van der Waals surface area contributed by atoms with Crippen molar-refractivity contribution in [3.63, 3.8) is 0 Å². The molecule has 3 heterocycles. The van der Waals surface area contributed by atoms with E-state index >= 15 is 0 Å². The Morgan fingerprint density at radius 1 is 1.00 bits per heavy atom. The van der Waals surface area contributed by atoms with Crippen LogP contribution < -0.4 is 5.32 Å². The van der Waals surface area contributed by atoms with E-state index in [0.29, 0.717) is 6.04 Å². The highest BCUT2D eigenvalue weighted by Crippen LogP contribution is 2.38. The van der Waals surface area contributed by atoms with E-state index in [1.54, 1.807) is 17.7 Å². The lowest BCUT2D eigenvalue weighted by Crippen LogP contribution is -2.38. The number of thiophene rings is 1. The van der Waals surface area contributed by atoms with Gasteiger partial charge in [-0.2, -0.15) is 0 Å². The molecule has 0 saturated carbocycles. The second-order valence-electron chi connectivity index (χ2n) is 8.55. The van der Waals surface area contributed by atoms with E-state index in [1.165, 1.54) is 27.8 Å². The summed E-state index contributed by atoms with van der Waals surface area (Å²) in [7, 11) is 0. The molecule has 1 fully saturated rings. The number of benzene rings is 2. The van der Waals surface area contributed by atoms with Gasteiger partial charge in [0.25, 0.3) is 0 Å². The summed E-state index contributed by atoms with van der Waals surface area (Å²) in [4.78, 5) is 12.8. The average molecular weight is 429 g/mol. The third kappa shape index (κ3) is 4.34. The molecule has 5 rings (SSSR count). The first-order valence-corrected chi connectivity index (χ1v) is 11.9. The summed E-state index contributed by atoms with van der Waals surface area (Å²) in [6.07, 6.45) is 3.94. The molecule has 1 N–H and O–H groups in total. The Bertz CT molecular complexity index is 1180. The van der Waals surface area contributed by atoms with Crippen molar-refractivity contribution < 1.29 is 0 Å². The van der Waals surface area contributed by atoms with Crippen LogP contribution >= 0.6 is 11.3 Å². The number of nitrogens with zero attached hydrogens (tertiary/aromatic N) is 3. The van der Waals surface area contributed by atoms with Crippen molar-refractivity contribution in [3.8, 4) is 11.1 Å². The minimum atomic E-state index is 0.442. The van der Waals surface area contributed by atoms with Gasteiger partial charge < -0.3 is 5.32 Å². The summed E-state index contributed by atoms with van der Waals surface area (Å²) in [5.41, 5.74) is 6.48. The van der Waals surface area contributed by atoms with E-state index in [9.17, 15) is 0 Å². The molecule has 0 radical (unpaired) electrons. The molecule has 5 heteroatoms. The molecule has 0 unspecified atom stereocenters. The van der Waals surface area contributed by atoms with Crippen LogP contribution in [-0.2, 0) is 6.54 Å². The number of hydrogen-bond acceptors (Lipinski definition) is 5. The highest BCUT2D eigenvalue weighted by molar-refractivity contribution is 7.17. The molecule has 0 bridgehead atoms. The number of piperidine rings is 1. The van der Waals surface area contributed by atoms with E-state index < -0.39 is 0 Å². The number of nitrogens with one attached hydrogen (secondary N) is 1. The largest absolute Gasteiger partial charge is 0.367 e. The third-order valence-corrected chi connectivity index (χ3v) is 7.11. The fourth-order valence-electron chi connectivity index (χ4n) is 4.57. The molecular formula is C26H28N4S. The van der Waals surface area contributed by atoms with Crippen molar-refractivity contribution in [2.45, 2.75) is 39.3 Å². The molecular weight excluding hydrogens is 400 g/mol. The highest BCUT2D eigenvalue weighted by Gasteiger charge is 2.22. The normalized spacial score (nSPS) is 15.4. The molecule has 0 amide bonds. The number of likely N-dealkylation sites (tertiary alicyclic amines) is 1. The van der Waals surface area contributed by atoms with Crippen LogP contribution in [0.15, 0.2) is 60.2 Å². The van der Waals surface area contributed by atoms with E-state index in [-0.39, 0.29) is 0 Å². The van der Waals surface area contributed by atoms with Crippen LogP contribution in [0, 0.1) is 13.8 Å². The van der Waals surface area contributed by atoms with Gasteiger partial charge in [0.2, 0.25) is 0 Å². The van der Waals surface area contributed by atoms with E-state index in [1.807, 2.05) is 0 Å². The maximum absolute atomic E-state index is 4.66. The van der Waals surface area contributed by atoms with Gasteiger partial charge in [0.05, 0.1) is 5.39 Å². The summed E-state index contributed by atoms with van der Waals surface area (Å²) in [6.45, 7) is 7.57. The molecule has 2 aromatic carbocycles. The van der Waals surface area contributed by atoms with Crippen molar-refractivity contribution in [3.05, 3.63) is 76.9 Å². The Labute approximate surface area is 188 Å². The van der Waals surface area contributed by atoms with Crippen molar-refractivity contribution in [1.29, 1.82) is 0 Å². The SMILES string of the molecule is Cc1ccc(-c2csc3ncnc(NC4CCN(Cc5ccccc5)CC4)c23)c(C)c1. The fourth-order valence-corrected chi connectivity index (χ4v) is 5.48. The lowest BCUT2D eigenvalue weighted by atomic mass is 9.98. The molecule has 31 heavy (non-hydrogen) atoms. The Morgan fingerprint density at radius 2 is 1.81 bits per heavy atom. The van der Waals surface area contributed by atoms with E-state index in [4.69, 9.17) is 0 Å². The number of rotatable bonds is 5. The van der Waals surface area contributed by atoms with Crippen LogP contribution in [0.1, 0.15) is 29.5 Å². The standard InChI is InChI=1S/C26H28N4S/c1-18-8-9-22(19(2)14-18)23-16-31-26-24(23)25(27-17-28-26)29-21-10-12-30(13-11-21)15-20-6-4-3-5-7-20/h3-9,14,16-17,21H,10-13,15H2,1-2H3,(H,27,28,29). The van der Waals surface area contributed by atoms with Gasteiger partial charge in [0, 0.05) is 36.6 Å². The van der Waals surface area contributed by atoms with Gasteiger partial charge in [-0.3, -0.25) is 4.90 Å². The van der Waals surface area contributed by atoms with Crippen LogP contribution in [0.5, 0.6) is 0 Å². The number of fused-ring (bicyclic) bond motifs is 1. The van der Waals surface area contributed by atoms with Gasteiger partial charge in [0.15, 0.2) is 0 Å². The zero-order chi connectivity index (χ0) is 21.2. The Morgan fingerprint density at radius 3 is 2.58 bits per heavy atom. The summed E-state index contributed by atoms with van der Waals surface area (Å²) in [6, 6.07) is 17.9. The van der Waals surface area contributed by atoms with Crippen LogP contribution in [0.25, 0.3) is 21.3 Å². The monoisotopic (exact) mass is 428 g/mol. The van der Waals surface area contributed by atoms with Gasteiger partial charge in [-0.1, -0.05) is 54.1 Å². The Balaban J connectivity index is 1.34. The smallest absolute Gasteiger partial charge is 0.139 e. The number of hydrogen-bond donors (Lipinski definition) is 1. The molecule has 0 atom stereocenters. The number of anilines is 1. The van der Waals surface area contributed by atoms with Gasteiger partial charge >= 0.3 is 0 Å². The van der Waals surface area contributed by atoms with Crippen molar-refractivity contribution in [2.24, 2.45) is 0 Å². The maximum atomic E-state index is 4.66. The summed E-state index contributed by atoms with van der Waals surface area (Å²) in [5, 5.41) is 7.15. The van der Waals surface area contributed by atoms with Crippen molar-refractivity contribution in [1.82, 2.24) is 14.9 Å². The first-order chi connectivity index (χ1) is 15.2. The predicted molar refractivity (Wildman–Crippen MR) is 131 cm³/mol. The number of aryl methyl sites for hydroxylation is 2. The van der Waals surface area contributed by atoms with Crippen LogP contribution in [0.3, 0.4) is 0 Å².